The number of carbonyl (C=O) groups excluding carboxylic acids is 2. The van der Waals surface area contributed by atoms with Gasteiger partial charge in [0.05, 0.1) is 30.8 Å². The van der Waals surface area contributed by atoms with E-state index in [0.717, 1.165) is 12.0 Å². The molecule has 3 fully saturated rings. The van der Waals surface area contributed by atoms with Crippen molar-refractivity contribution in [3.63, 3.8) is 0 Å². The van der Waals surface area contributed by atoms with Crippen molar-refractivity contribution in [1.29, 1.82) is 0 Å². The van der Waals surface area contributed by atoms with Crippen LogP contribution in [0.2, 0.25) is 0 Å². The highest BCUT2D eigenvalue weighted by Gasteiger charge is 2.56. The number of ketones is 1. The lowest BCUT2D eigenvalue weighted by atomic mass is 9.67. The third-order valence-electron chi connectivity index (χ3n) is 11.2. The SMILES string of the molecule is CC/C=C/[C@H]1CCC[C@H](O)[C@@H](C)C(=O)C2=C[C@@H]3[C@@H](C=C(C)[C@@H]4[C@H](O)[C@@H](O[C@@H]5O[C@@H](C)[C@H](OC)[C@@H](OC)[C@H]5OC)C[C@@H]34)[C@@H]2CC(=O)O1. The van der Waals surface area contributed by atoms with Gasteiger partial charge in [-0.25, -0.2) is 0 Å². The molecule has 10 nitrogen and oxygen atoms in total. The largest absolute Gasteiger partial charge is 0.458 e. The molecule has 2 saturated heterocycles. The monoisotopic (exact) mass is 646 g/mol. The van der Waals surface area contributed by atoms with Crippen LogP contribution in [0, 0.1) is 35.5 Å². The summed E-state index contributed by atoms with van der Waals surface area (Å²) in [5, 5.41) is 22.7. The Balaban J connectivity index is 1.41. The predicted molar refractivity (Wildman–Crippen MR) is 169 cm³/mol. The summed E-state index contributed by atoms with van der Waals surface area (Å²) in [7, 11) is 4.80. The lowest BCUT2D eigenvalue weighted by molar-refractivity contribution is -0.319. The van der Waals surface area contributed by atoms with Gasteiger partial charge in [0.1, 0.15) is 24.4 Å². The van der Waals surface area contributed by atoms with Crippen LogP contribution in [0.1, 0.15) is 66.2 Å². The van der Waals surface area contributed by atoms with Crippen LogP contribution in [-0.4, -0.2) is 98.4 Å². The third kappa shape index (κ3) is 6.81. The maximum absolute atomic E-state index is 13.9. The number of Topliss-reactive ketones (excluding diaryl/α,β-unsaturated/α-hetero) is 1. The summed E-state index contributed by atoms with van der Waals surface area (Å²) < 4.78 is 35.8. The summed E-state index contributed by atoms with van der Waals surface area (Å²) in [5.74, 6) is -1.74. The summed E-state index contributed by atoms with van der Waals surface area (Å²) in [6.07, 6.45) is 6.39. The van der Waals surface area contributed by atoms with Crippen LogP contribution in [-0.2, 0) is 38.0 Å². The minimum atomic E-state index is -0.794. The molecule has 2 heterocycles. The van der Waals surface area contributed by atoms with E-state index in [1.807, 2.05) is 39.0 Å². The summed E-state index contributed by atoms with van der Waals surface area (Å²) >= 11 is 0. The Hall–Kier alpha value is -1.92. The molecule has 0 aromatic carbocycles. The molecular formula is C36H54O10. The van der Waals surface area contributed by atoms with E-state index in [2.05, 4.69) is 6.08 Å². The quantitative estimate of drug-likeness (QED) is 0.310. The van der Waals surface area contributed by atoms with Gasteiger partial charge < -0.3 is 38.6 Å². The van der Waals surface area contributed by atoms with Crippen LogP contribution >= 0.6 is 0 Å². The number of aliphatic hydroxyl groups excluding tert-OH is 2. The Morgan fingerprint density at radius 3 is 2.37 bits per heavy atom. The molecule has 0 aromatic rings. The van der Waals surface area contributed by atoms with Gasteiger partial charge in [0.2, 0.25) is 0 Å². The van der Waals surface area contributed by atoms with E-state index in [-0.39, 0.29) is 66.1 Å². The molecule has 3 aliphatic carbocycles. The van der Waals surface area contributed by atoms with Crippen molar-refractivity contribution < 1.29 is 48.2 Å². The van der Waals surface area contributed by atoms with Gasteiger partial charge in [0, 0.05) is 39.1 Å². The number of hydrogen-bond acceptors (Lipinski definition) is 10. The molecule has 15 atom stereocenters. The molecule has 0 unspecified atom stereocenters. The number of fused-ring (bicyclic) bond motifs is 5. The predicted octanol–water partition coefficient (Wildman–Crippen LogP) is 3.93. The summed E-state index contributed by atoms with van der Waals surface area (Å²) in [5.41, 5.74) is 1.62. The Morgan fingerprint density at radius 1 is 0.978 bits per heavy atom. The number of aliphatic hydroxyl groups is 2. The van der Waals surface area contributed by atoms with E-state index in [1.165, 1.54) is 0 Å². The Bertz CT molecular complexity index is 1180. The van der Waals surface area contributed by atoms with Gasteiger partial charge in [-0.2, -0.15) is 0 Å². The molecule has 0 radical (unpaired) electrons. The number of hydrogen-bond donors (Lipinski definition) is 2. The normalized spacial score (nSPS) is 45.2. The van der Waals surface area contributed by atoms with E-state index in [1.54, 1.807) is 28.3 Å². The molecule has 2 N–H and O–H groups in total. The Morgan fingerprint density at radius 2 is 1.70 bits per heavy atom. The molecule has 0 bridgehead atoms. The number of cyclic esters (lactones) is 1. The second kappa shape index (κ2) is 15.1. The number of rotatable bonds is 7. The standard InChI is InChI=1S/C36H54O10/c1-8-9-11-21-12-10-13-27(37)19(3)31(39)26-15-23-22(24(26)17-29(38)45-21)14-18(2)30-25(23)16-28(32(30)40)46-36-35(43-7)34(42-6)33(41-5)20(4)44-36/h9,11,14-15,19-25,27-28,30,32-37,40H,8,10,12-13,16-17H2,1-7H3/b11-9+/t19-,20+,21+,22-,23-,24+,25+,27+,28+,30+,32-,33+,34-,35-,36+/m1/s1. The second-order valence-corrected chi connectivity index (χ2v) is 13.9. The second-order valence-electron chi connectivity index (χ2n) is 13.9. The number of ether oxygens (including phenoxy) is 6. The smallest absolute Gasteiger partial charge is 0.307 e. The lowest BCUT2D eigenvalue weighted by Gasteiger charge is -2.44. The lowest BCUT2D eigenvalue weighted by Crippen LogP contribution is -2.60. The van der Waals surface area contributed by atoms with Crippen molar-refractivity contribution in [3.05, 3.63) is 35.5 Å². The van der Waals surface area contributed by atoms with E-state index < -0.39 is 42.7 Å². The number of allylic oxidation sites excluding steroid dienone is 4. The van der Waals surface area contributed by atoms with Crippen molar-refractivity contribution >= 4 is 11.8 Å². The zero-order valence-electron chi connectivity index (χ0n) is 28.4. The Kier molecular flexibility index (Phi) is 11.6. The van der Waals surface area contributed by atoms with Crippen LogP contribution in [0.4, 0.5) is 0 Å². The van der Waals surface area contributed by atoms with Crippen LogP contribution in [0.15, 0.2) is 35.5 Å². The topological polar surface area (TPSA) is 130 Å². The highest BCUT2D eigenvalue weighted by Crippen LogP contribution is 2.56. The van der Waals surface area contributed by atoms with Crippen LogP contribution in [0.5, 0.6) is 0 Å². The molecule has 5 rings (SSSR count). The van der Waals surface area contributed by atoms with Gasteiger partial charge in [-0.3, -0.25) is 9.59 Å². The van der Waals surface area contributed by atoms with Crippen LogP contribution < -0.4 is 0 Å². The first kappa shape index (κ1) is 35.4. The molecule has 5 aliphatic rings. The fourth-order valence-electron chi connectivity index (χ4n) is 8.85. The fraction of sp³-hybridized carbons (Fsp3) is 0.778. The van der Waals surface area contributed by atoms with Crippen molar-refractivity contribution in [3.8, 4) is 0 Å². The molecule has 10 heteroatoms. The molecule has 1 saturated carbocycles. The molecular weight excluding hydrogens is 592 g/mol. The van der Waals surface area contributed by atoms with E-state index in [9.17, 15) is 19.8 Å². The van der Waals surface area contributed by atoms with Crippen LogP contribution in [0.3, 0.4) is 0 Å². The zero-order valence-corrected chi connectivity index (χ0v) is 28.4. The highest BCUT2D eigenvalue weighted by atomic mass is 16.7. The van der Waals surface area contributed by atoms with Crippen molar-refractivity contribution in [1.82, 2.24) is 0 Å². The molecule has 0 amide bonds. The van der Waals surface area contributed by atoms with Crippen molar-refractivity contribution in [2.75, 3.05) is 21.3 Å². The van der Waals surface area contributed by atoms with E-state index >= 15 is 0 Å². The first-order chi connectivity index (χ1) is 22.0. The fourth-order valence-corrected chi connectivity index (χ4v) is 8.85. The summed E-state index contributed by atoms with van der Waals surface area (Å²) in [6, 6.07) is 0. The summed E-state index contributed by atoms with van der Waals surface area (Å²) in [4.78, 5) is 27.3. The zero-order chi connectivity index (χ0) is 33.3. The van der Waals surface area contributed by atoms with Crippen LogP contribution in [0.25, 0.3) is 0 Å². The minimum absolute atomic E-state index is 0.0121. The number of methoxy groups -OCH3 is 3. The molecule has 0 spiro atoms. The first-order valence-electron chi connectivity index (χ1n) is 17.1. The van der Waals surface area contributed by atoms with Gasteiger partial charge in [0.25, 0.3) is 0 Å². The van der Waals surface area contributed by atoms with Crippen molar-refractivity contribution in [2.45, 2.75) is 121 Å². The van der Waals surface area contributed by atoms with Gasteiger partial charge in [-0.15, -0.1) is 0 Å². The maximum Gasteiger partial charge on any atom is 0.307 e. The van der Waals surface area contributed by atoms with Gasteiger partial charge >= 0.3 is 5.97 Å². The van der Waals surface area contributed by atoms with Gasteiger partial charge in [-0.1, -0.05) is 37.6 Å². The molecule has 0 aromatic heterocycles. The number of carbonyl (C=O) groups is 2. The maximum atomic E-state index is 13.9. The van der Waals surface area contributed by atoms with E-state index in [0.29, 0.717) is 31.3 Å². The van der Waals surface area contributed by atoms with E-state index in [4.69, 9.17) is 28.4 Å². The molecule has 2 aliphatic heterocycles. The molecule has 258 valence electrons. The minimum Gasteiger partial charge on any atom is -0.458 e. The average molecular weight is 647 g/mol. The average Bonchev–Trinajstić information content (AvgIpc) is 3.55. The molecule has 46 heavy (non-hydrogen) atoms. The summed E-state index contributed by atoms with van der Waals surface area (Å²) in [6.45, 7) is 7.75. The Labute approximate surface area is 273 Å². The first-order valence-corrected chi connectivity index (χ1v) is 17.1. The van der Waals surface area contributed by atoms with Gasteiger partial charge in [0.15, 0.2) is 12.1 Å². The third-order valence-corrected chi connectivity index (χ3v) is 11.2. The van der Waals surface area contributed by atoms with Crippen molar-refractivity contribution in [2.24, 2.45) is 35.5 Å². The van der Waals surface area contributed by atoms with Gasteiger partial charge in [-0.05, 0) is 75.4 Å². The number of esters is 1. The highest BCUT2D eigenvalue weighted by molar-refractivity contribution is 5.99.